The van der Waals surface area contributed by atoms with E-state index in [1.807, 2.05) is 19.9 Å². The van der Waals surface area contributed by atoms with Gasteiger partial charge in [-0.2, -0.15) is 5.10 Å². The van der Waals surface area contributed by atoms with Gasteiger partial charge in [-0.05, 0) is 18.1 Å². The van der Waals surface area contributed by atoms with E-state index in [0.29, 0.717) is 12.0 Å². The molecule has 0 atom stereocenters. The average molecular weight is 234 g/mol. The number of carboxylic acid groups (broad SMARTS) is 1. The summed E-state index contributed by atoms with van der Waals surface area (Å²) in [5.74, 6) is -0.0916. The zero-order valence-electron chi connectivity index (χ0n) is 9.73. The first-order valence-electron chi connectivity index (χ1n) is 5.42. The Labute approximate surface area is 98.5 Å². The van der Waals surface area contributed by atoms with Crippen molar-refractivity contribution in [2.75, 3.05) is 0 Å². The van der Waals surface area contributed by atoms with E-state index in [-0.39, 0.29) is 11.6 Å². The highest BCUT2D eigenvalue weighted by atomic mass is 16.4. The van der Waals surface area contributed by atoms with Crippen molar-refractivity contribution >= 4 is 5.97 Å². The number of nitrogens with one attached hydrogen (secondary N) is 1. The van der Waals surface area contributed by atoms with Gasteiger partial charge in [-0.3, -0.25) is 5.10 Å². The Hall–Kier alpha value is -2.04. The van der Waals surface area contributed by atoms with Gasteiger partial charge in [0.2, 0.25) is 0 Å². The summed E-state index contributed by atoms with van der Waals surface area (Å²) in [5.41, 5.74) is 1.62. The molecule has 0 amide bonds. The molecule has 0 spiro atoms. The van der Waals surface area contributed by atoms with Gasteiger partial charge in [-0.15, -0.1) is 0 Å². The van der Waals surface area contributed by atoms with Crippen molar-refractivity contribution in [2.45, 2.75) is 26.2 Å². The topological polar surface area (TPSA) is 79.1 Å². The molecule has 5 nitrogen and oxygen atoms in total. The largest absolute Gasteiger partial charge is 0.476 e. The Kier molecular flexibility index (Phi) is 2.99. The Morgan fingerprint density at radius 1 is 1.59 bits per heavy atom. The highest BCUT2D eigenvalue weighted by molar-refractivity contribution is 5.87. The molecule has 0 saturated heterocycles. The first kappa shape index (κ1) is 11.4. The number of hydrogen-bond acceptors (Lipinski definition) is 3. The molecule has 17 heavy (non-hydrogen) atoms. The second kappa shape index (κ2) is 4.45. The second-order valence-corrected chi connectivity index (χ2v) is 4.18. The molecule has 0 aromatic carbocycles. The minimum atomic E-state index is -1.02. The highest BCUT2D eigenvalue weighted by Gasteiger charge is 2.21. The van der Waals surface area contributed by atoms with Crippen LogP contribution in [0.15, 0.2) is 22.8 Å². The number of carbonyl (C=O) groups is 1. The van der Waals surface area contributed by atoms with Crippen LogP contribution < -0.4 is 0 Å². The summed E-state index contributed by atoms with van der Waals surface area (Å²) in [5, 5.41) is 15.7. The molecule has 0 aliphatic heterocycles. The molecule has 5 heteroatoms. The Balaban J connectivity index is 2.41. The van der Waals surface area contributed by atoms with Crippen LogP contribution >= 0.6 is 0 Å². The molecule has 2 N–H and O–H groups in total. The maximum atomic E-state index is 11.1. The summed E-state index contributed by atoms with van der Waals surface area (Å²) in [4.78, 5) is 11.1. The van der Waals surface area contributed by atoms with Crippen LogP contribution in [-0.2, 0) is 6.42 Å². The molecular weight excluding hydrogens is 220 g/mol. The second-order valence-electron chi connectivity index (χ2n) is 4.18. The van der Waals surface area contributed by atoms with Gasteiger partial charge in [0.15, 0.2) is 5.69 Å². The molecule has 0 radical (unpaired) electrons. The number of aromatic carboxylic acids is 1. The van der Waals surface area contributed by atoms with Gasteiger partial charge in [0.05, 0.1) is 6.26 Å². The fourth-order valence-corrected chi connectivity index (χ4v) is 1.80. The van der Waals surface area contributed by atoms with Gasteiger partial charge in [0, 0.05) is 17.7 Å². The molecule has 0 fully saturated rings. The molecule has 0 saturated carbocycles. The third kappa shape index (κ3) is 2.22. The normalized spacial score (nSPS) is 11.0. The zero-order chi connectivity index (χ0) is 12.4. The Morgan fingerprint density at radius 2 is 2.35 bits per heavy atom. The van der Waals surface area contributed by atoms with Crippen molar-refractivity contribution in [1.82, 2.24) is 10.2 Å². The van der Waals surface area contributed by atoms with Crippen LogP contribution in [0.1, 0.15) is 47.3 Å². The predicted octanol–water partition coefficient (Wildman–Crippen LogP) is 2.42. The standard InChI is InChI=1S/C12H14N2O3/c1-7(2)10-9(6-8-4-3-5-17-8)11(12(15)16)14-13-10/h3-5,7H,6H2,1-2H3,(H,13,14)(H,15,16). The lowest BCUT2D eigenvalue weighted by molar-refractivity contribution is 0.0689. The fourth-order valence-electron chi connectivity index (χ4n) is 1.80. The van der Waals surface area contributed by atoms with Crippen LogP contribution in [0.4, 0.5) is 0 Å². The minimum absolute atomic E-state index is 0.0742. The van der Waals surface area contributed by atoms with Gasteiger partial charge in [0.25, 0.3) is 0 Å². The van der Waals surface area contributed by atoms with Gasteiger partial charge >= 0.3 is 5.97 Å². The van der Waals surface area contributed by atoms with Crippen molar-refractivity contribution in [3.05, 3.63) is 41.1 Å². The third-order valence-electron chi connectivity index (χ3n) is 2.61. The lowest BCUT2D eigenvalue weighted by Gasteiger charge is -2.05. The Bertz CT molecular complexity index is 512. The summed E-state index contributed by atoms with van der Waals surface area (Å²) < 4.78 is 5.24. The summed E-state index contributed by atoms with van der Waals surface area (Å²) in [6.45, 7) is 3.98. The number of carboxylic acids is 1. The number of aromatic nitrogens is 2. The number of aromatic amines is 1. The summed E-state index contributed by atoms with van der Waals surface area (Å²) in [6, 6.07) is 3.60. The van der Waals surface area contributed by atoms with Crippen LogP contribution in [0.2, 0.25) is 0 Å². The Morgan fingerprint density at radius 3 is 2.88 bits per heavy atom. The van der Waals surface area contributed by atoms with E-state index < -0.39 is 5.97 Å². The molecule has 0 aliphatic rings. The van der Waals surface area contributed by atoms with Crippen molar-refractivity contribution < 1.29 is 14.3 Å². The van der Waals surface area contributed by atoms with Crippen LogP contribution in [0, 0.1) is 0 Å². The molecule has 2 aromatic heterocycles. The van der Waals surface area contributed by atoms with Crippen LogP contribution in [-0.4, -0.2) is 21.3 Å². The first-order valence-corrected chi connectivity index (χ1v) is 5.42. The molecule has 2 rings (SSSR count). The molecular formula is C12H14N2O3. The lowest BCUT2D eigenvalue weighted by Crippen LogP contribution is -2.03. The molecule has 0 aliphatic carbocycles. The monoisotopic (exact) mass is 234 g/mol. The van der Waals surface area contributed by atoms with Crippen molar-refractivity contribution in [1.29, 1.82) is 0 Å². The van der Waals surface area contributed by atoms with Crippen molar-refractivity contribution in [2.24, 2.45) is 0 Å². The highest BCUT2D eigenvalue weighted by Crippen LogP contribution is 2.23. The van der Waals surface area contributed by atoms with Gasteiger partial charge in [-0.25, -0.2) is 4.79 Å². The maximum absolute atomic E-state index is 11.1. The number of H-pyrrole nitrogens is 1. The van der Waals surface area contributed by atoms with Crippen molar-refractivity contribution in [3.8, 4) is 0 Å². The number of nitrogens with zero attached hydrogens (tertiary/aromatic N) is 1. The average Bonchev–Trinajstić information content (AvgIpc) is 2.86. The molecule has 2 heterocycles. The number of furan rings is 1. The molecule has 0 bridgehead atoms. The SMILES string of the molecule is CC(C)c1[nH]nc(C(=O)O)c1Cc1ccco1. The molecule has 90 valence electrons. The van der Waals surface area contributed by atoms with E-state index in [9.17, 15) is 4.79 Å². The van der Waals surface area contributed by atoms with E-state index >= 15 is 0 Å². The van der Waals surface area contributed by atoms with Gasteiger partial charge < -0.3 is 9.52 Å². The smallest absolute Gasteiger partial charge is 0.356 e. The number of hydrogen-bond donors (Lipinski definition) is 2. The van der Waals surface area contributed by atoms with Gasteiger partial charge in [0.1, 0.15) is 5.76 Å². The van der Waals surface area contributed by atoms with E-state index in [0.717, 1.165) is 11.5 Å². The summed E-state index contributed by atoms with van der Waals surface area (Å²) in [6.07, 6.45) is 2.02. The summed E-state index contributed by atoms with van der Waals surface area (Å²) in [7, 11) is 0. The quantitative estimate of drug-likeness (QED) is 0.851. The van der Waals surface area contributed by atoms with Gasteiger partial charge in [-0.1, -0.05) is 13.8 Å². The predicted molar refractivity (Wildman–Crippen MR) is 61.2 cm³/mol. The van der Waals surface area contributed by atoms with E-state index in [4.69, 9.17) is 9.52 Å². The van der Waals surface area contributed by atoms with E-state index in [1.54, 1.807) is 12.3 Å². The molecule has 2 aromatic rings. The van der Waals surface area contributed by atoms with E-state index in [1.165, 1.54) is 0 Å². The number of rotatable bonds is 4. The van der Waals surface area contributed by atoms with Crippen LogP contribution in [0.3, 0.4) is 0 Å². The van der Waals surface area contributed by atoms with Crippen molar-refractivity contribution in [3.63, 3.8) is 0 Å². The van der Waals surface area contributed by atoms with Crippen LogP contribution in [0.5, 0.6) is 0 Å². The minimum Gasteiger partial charge on any atom is -0.476 e. The van der Waals surface area contributed by atoms with Crippen LogP contribution in [0.25, 0.3) is 0 Å². The van der Waals surface area contributed by atoms with E-state index in [2.05, 4.69) is 10.2 Å². The summed E-state index contributed by atoms with van der Waals surface area (Å²) >= 11 is 0. The first-order chi connectivity index (χ1) is 8.09. The molecule has 0 unspecified atom stereocenters. The maximum Gasteiger partial charge on any atom is 0.356 e. The lowest BCUT2D eigenvalue weighted by atomic mass is 10.0. The third-order valence-corrected chi connectivity index (χ3v) is 2.61. The zero-order valence-corrected chi connectivity index (χ0v) is 9.73. The fraction of sp³-hybridized carbons (Fsp3) is 0.333.